The van der Waals surface area contributed by atoms with Crippen molar-refractivity contribution in [3.63, 3.8) is 0 Å². The summed E-state index contributed by atoms with van der Waals surface area (Å²) in [5.74, 6) is 0.333. The van der Waals surface area contributed by atoms with Crippen molar-refractivity contribution in [2.75, 3.05) is 19.3 Å². The molecule has 4 nitrogen and oxygen atoms in total. The Balaban J connectivity index is 2.02. The van der Waals surface area contributed by atoms with Gasteiger partial charge in [-0.2, -0.15) is 11.8 Å². The van der Waals surface area contributed by atoms with Crippen molar-refractivity contribution < 1.29 is 9.21 Å². The second kappa shape index (κ2) is 5.32. The highest BCUT2D eigenvalue weighted by Crippen LogP contribution is 2.35. The van der Waals surface area contributed by atoms with Crippen molar-refractivity contribution in [3.05, 3.63) is 24.2 Å². The Labute approximate surface area is 116 Å². The van der Waals surface area contributed by atoms with Gasteiger partial charge in [-0.3, -0.25) is 4.79 Å². The Hall–Kier alpha value is -1.01. The maximum absolute atomic E-state index is 12.1. The number of hydrogen-bond acceptors (Lipinski definition) is 4. The minimum atomic E-state index is -0.157. The molecule has 1 saturated heterocycles. The molecule has 98 valence electrons. The number of piperidine rings is 1. The summed E-state index contributed by atoms with van der Waals surface area (Å²) in [5, 5.41) is 0. The topological polar surface area (TPSA) is 59.5 Å². The molecular formula is C12H16N2O2S2. The molecule has 0 spiro atoms. The van der Waals surface area contributed by atoms with Gasteiger partial charge in [-0.15, -0.1) is 0 Å². The lowest BCUT2D eigenvalue weighted by atomic mass is 9.95. The molecule has 2 rings (SSSR count). The second-order valence-electron chi connectivity index (χ2n) is 4.33. The number of hydrogen-bond donors (Lipinski definition) is 1. The third kappa shape index (κ3) is 2.40. The number of amides is 1. The van der Waals surface area contributed by atoms with Crippen LogP contribution in [0.2, 0.25) is 0 Å². The second-order valence-corrected chi connectivity index (χ2v) is 5.96. The number of carbonyl (C=O) groups excluding carboxylic acids is 1. The van der Waals surface area contributed by atoms with Gasteiger partial charge in [-0.25, -0.2) is 0 Å². The van der Waals surface area contributed by atoms with Gasteiger partial charge in [0.25, 0.3) is 5.91 Å². The van der Waals surface area contributed by atoms with Crippen molar-refractivity contribution in [3.8, 4) is 0 Å². The molecule has 0 aromatic carbocycles. The first-order valence-electron chi connectivity index (χ1n) is 5.77. The fraction of sp³-hybridized carbons (Fsp3) is 0.500. The number of carbonyl (C=O) groups is 1. The van der Waals surface area contributed by atoms with Gasteiger partial charge < -0.3 is 15.1 Å². The molecule has 1 aromatic heterocycles. The average Bonchev–Trinajstić information content (AvgIpc) is 2.91. The maximum atomic E-state index is 12.1. The van der Waals surface area contributed by atoms with Crippen LogP contribution in [0.1, 0.15) is 23.4 Å². The Morgan fingerprint density at radius 1 is 1.56 bits per heavy atom. The number of thiocarbonyl (C=S) groups is 1. The zero-order chi connectivity index (χ0) is 13.2. The predicted octanol–water partition coefficient (Wildman–Crippen LogP) is 1.90. The largest absolute Gasteiger partial charge is 0.459 e. The Bertz CT molecular complexity index is 437. The summed E-state index contributed by atoms with van der Waals surface area (Å²) in [6.07, 6.45) is 5.13. The molecule has 0 atom stereocenters. The van der Waals surface area contributed by atoms with Crippen molar-refractivity contribution in [1.29, 1.82) is 0 Å². The van der Waals surface area contributed by atoms with Crippen LogP contribution in [-0.2, 0) is 0 Å². The van der Waals surface area contributed by atoms with Crippen LogP contribution >= 0.6 is 24.0 Å². The smallest absolute Gasteiger partial charge is 0.289 e. The number of nitrogens with two attached hydrogens (primary N) is 1. The highest BCUT2D eigenvalue weighted by atomic mass is 32.2. The Kier molecular flexibility index (Phi) is 3.97. The lowest BCUT2D eigenvalue weighted by Crippen LogP contribution is -2.50. The van der Waals surface area contributed by atoms with Crippen LogP contribution in [0.25, 0.3) is 0 Å². The van der Waals surface area contributed by atoms with Crippen LogP contribution in [0.3, 0.4) is 0 Å². The molecular weight excluding hydrogens is 268 g/mol. The van der Waals surface area contributed by atoms with E-state index in [0.717, 1.165) is 12.8 Å². The predicted molar refractivity (Wildman–Crippen MR) is 76.9 cm³/mol. The van der Waals surface area contributed by atoms with E-state index in [-0.39, 0.29) is 10.7 Å². The van der Waals surface area contributed by atoms with Crippen molar-refractivity contribution in [1.82, 2.24) is 4.90 Å². The summed E-state index contributed by atoms with van der Waals surface area (Å²) in [5.41, 5.74) is 5.82. The van der Waals surface area contributed by atoms with E-state index in [9.17, 15) is 4.79 Å². The van der Waals surface area contributed by atoms with E-state index in [1.54, 1.807) is 28.8 Å². The lowest BCUT2D eigenvalue weighted by Gasteiger charge is -2.39. The minimum absolute atomic E-state index is 0.0577. The van der Waals surface area contributed by atoms with Crippen LogP contribution in [0.4, 0.5) is 0 Å². The van der Waals surface area contributed by atoms with Gasteiger partial charge in [-0.1, -0.05) is 12.2 Å². The Morgan fingerprint density at radius 3 is 2.67 bits per heavy atom. The number of nitrogens with zero attached hydrogens (tertiary/aromatic N) is 1. The quantitative estimate of drug-likeness (QED) is 0.859. The van der Waals surface area contributed by atoms with Crippen LogP contribution in [-0.4, -0.2) is 39.9 Å². The molecule has 0 unspecified atom stereocenters. The fourth-order valence-corrected chi connectivity index (χ4v) is 3.42. The average molecular weight is 284 g/mol. The molecule has 2 heterocycles. The summed E-state index contributed by atoms with van der Waals surface area (Å²) in [7, 11) is 0. The summed E-state index contributed by atoms with van der Waals surface area (Å²) >= 11 is 6.83. The van der Waals surface area contributed by atoms with Crippen LogP contribution in [0.15, 0.2) is 22.8 Å². The molecule has 1 aliphatic heterocycles. The minimum Gasteiger partial charge on any atom is -0.459 e. The van der Waals surface area contributed by atoms with Crippen molar-refractivity contribution >= 4 is 34.9 Å². The Morgan fingerprint density at radius 2 is 2.22 bits per heavy atom. The number of furan rings is 1. The third-order valence-electron chi connectivity index (χ3n) is 3.43. The van der Waals surface area contributed by atoms with E-state index in [0.29, 0.717) is 23.8 Å². The van der Waals surface area contributed by atoms with E-state index in [1.807, 2.05) is 6.26 Å². The van der Waals surface area contributed by atoms with E-state index in [1.165, 1.54) is 6.26 Å². The first-order chi connectivity index (χ1) is 8.59. The SMILES string of the molecule is CSC1(C(N)=S)CCN(C(=O)c2ccco2)CC1. The number of likely N-dealkylation sites (tertiary alicyclic amines) is 1. The van der Waals surface area contributed by atoms with Gasteiger partial charge in [0, 0.05) is 13.1 Å². The van der Waals surface area contributed by atoms with E-state index in [4.69, 9.17) is 22.4 Å². The molecule has 0 radical (unpaired) electrons. The molecule has 0 aliphatic carbocycles. The summed E-state index contributed by atoms with van der Waals surface area (Å²) in [6, 6.07) is 3.41. The maximum Gasteiger partial charge on any atom is 0.289 e. The first-order valence-corrected chi connectivity index (χ1v) is 7.40. The van der Waals surface area contributed by atoms with E-state index in [2.05, 4.69) is 0 Å². The third-order valence-corrected chi connectivity index (χ3v) is 5.36. The van der Waals surface area contributed by atoms with Crippen LogP contribution in [0.5, 0.6) is 0 Å². The molecule has 6 heteroatoms. The molecule has 0 saturated carbocycles. The van der Waals surface area contributed by atoms with Crippen LogP contribution < -0.4 is 5.73 Å². The highest BCUT2D eigenvalue weighted by Gasteiger charge is 2.38. The van der Waals surface area contributed by atoms with Gasteiger partial charge in [-0.05, 0) is 31.2 Å². The normalized spacial score (nSPS) is 18.6. The van der Waals surface area contributed by atoms with Gasteiger partial charge >= 0.3 is 0 Å². The summed E-state index contributed by atoms with van der Waals surface area (Å²) < 4.78 is 4.97. The highest BCUT2D eigenvalue weighted by molar-refractivity contribution is 8.02. The molecule has 2 N–H and O–H groups in total. The van der Waals surface area contributed by atoms with Crippen LogP contribution in [0, 0.1) is 0 Å². The molecule has 0 bridgehead atoms. The van der Waals surface area contributed by atoms with Gasteiger partial charge in [0.2, 0.25) is 0 Å². The van der Waals surface area contributed by atoms with Crippen molar-refractivity contribution in [2.45, 2.75) is 17.6 Å². The summed E-state index contributed by atoms with van der Waals surface area (Å²) in [4.78, 5) is 14.4. The molecule has 1 aromatic rings. The molecule has 18 heavy (non-hydrogen) atoms. The van der Waals surface area contributed by atoms with Gasteiger partial charge in [0.1, 0.15) is 0 Å². The van der Waals surface area contributed by atoms with Gasteiger partial charge in [0.15, 0.2) is 5.76 Å². The monoisotopic (exact) mass is 284 g/mol. The molecule has 1 amide bonds. The number of rotatable bonds is 3. The summed E-state index contributed by atoms with van der Waals surface area (Å²) in [6.45, 7) is 1.33. The van der Waals surface area contributed by atoms with E-state index < -0.39 is 0 Å². The van der Waals surface area contributed by atoms with E-state index >= 15 is 0 Å². The first kappa shape index (κ1) is 13.4. The zero-order valence-corrected chi connectivity index (χ0v) is 11.9. The van der Waals surface area contributed by atoms with Gasteiger partial charge in [0.05, 0.1) is 16.0 Å². The standard InChI is InChI=1S/C12H16N2O2S2/c1-18-12(11(13)17)4-6-14(7-5-12)10(15)9-3-2-8-16-9/h2-3,8H,4-7H2,1H3,(H2,13,17). The fourth-order valence-electron chi connectivity index (χ4n) is 2.18. The number of thioether (sulfide) groups is 1. The lowest BCUT2D eigenvalue weighted by molar-refractivity contribution is 0.0686. The van der Waals surface area contributed by atoms with Crippen molar-refractivity contribution in [2.24, 2.45) is 5.73 Å². The molecule has 1 fully saturated rings. The molecule has 1 aliphatic rings. The zero-order valence-electron chi connectivity index (χ0n) is 10.2.